The molecular formula is C16H21ClN2O3. The number of nitrogens with one attached hydrogen (secondary N) is 1. The van der Waals surface area contributed by atoms with Gasteiger partial charge < -0.3 is 15.0 Å². The predicted molar refractivity (Wildman–Crippen MR) is 84.5 cm³/mol. The summed E-state index contributed by atoms with van der Waals surface area (Å²) in [6.45, 7) is 3.11. The quantitative estimate of drug-likeness (QED) is 0.814. The van der Waals surface area contributed by atoms with E-state index in [2.05, 4.69) is 5.32 Å². The second-order valence-electron chi connectivity index (χ2n) is 5.63. The molecule has 1 saturated heterocycles. The molecule has 1 aliphatic rings. The van der Waals surface area contributed by atoms with Gasteiger partial charge in [0.1, 0.15) is 5.54 Å². The largest absolute Gasteiger partial charge is 0.383 e. The molecule has 0 spiro atoms. The van der Waals surface area contributed by atoms with Gasteiger partial charge >= 0.3 is 0 Å². The van der Waals surface area contributed by atoms with E-state index in [1.54, 1.807) is 24.1 Å². The fourth-order valence-corrected chi connectivity index (χ4v) is 2.75. The number of methoxy groups -OCH3 is 1. The molecule has 0 bridgehead atoms. The van der Waals surface area contributed by atoms with Crippen molar-refractivity contribution in [2.24, 2.45) is 0 Å². The van der Waals surface area contributed by atoms with Gasteiger partial charge in [0.15, 0.2) is 0 Å². The lowest BCUT2D eigenvalue weighted by atomic mass is 9.97. The van der Waals surface area contributed by atoms with Crippen molar-refractivity contribution in [1.29, 1.82) is 0 Å². The molecule has 1 atom stereocenters. The van der Waals surface area contributed by atoms with Crippen LogP contribution in [0.25, 0.3) is 0 Å². The molecule has 22 heavy (non-hydrogen) atoms. The minimum atomic E-state index is -0.815. The van der Waals surface area contributed by atoms with Crippen molar-refractivity contribution in [3.05, 3.63) is 34.9 Å². The number of carbonyl (C=O) groups excluding carboxylic acids is 2. The molecule has 5 nitrogen and oxygen atoms in total. The molecule has 6 heteroatoms. The number of halogens is 1. The van der Waals surface area contributed by atoms with Crippen LogP contribution in [-0.4, -0.2) is 42.5 Å². The third-order valence-corrected chi connectivity index (χ3v) is 4.31. The standard InChI is InChI=1S/C16H21ClN2O3/c1-16(15(21)18-9-10-22-2)8-7-14(20)19(16)11-12-3-5-13(17)6-4-12/h3-6H,7-11H2,1-2H3,(H,18,21)/t16-/m0/s1. The molecule has 1 fully saturated rings. The van der Waals surface area contributed by atoms with Crippen LogP contribution in [-0.2, 0) is 20.9 Å². The van der Waals surface area contributed by atoms with Gasteiger partial charge in [0, 0.05) is 31.6 Å². The topological polar surface area (TPSA) is 58.6 Å². The lowest BCUT2D eigenvalue weighted by molar-refractivity contribution is -0.141. The van der Waals surface area contributed by atoms with E-state index in [0.717, 1.165) is 5.56 Å². The van der Waals surface area contributed by atoms with Crippen molar-refractivity contribution < 1.29 is 14.3 Å². The maximum absolute atomic E-state index is 12.5. The zero-order valence-electron chi connectivity index (χ0n) is 12.9. The number of hydrogen-bond donors (Lipinski definition) is 1. The molecule has 1 aromatic carbocycles. The van der Waals surface area contributed by atoms with Crippen molar-refractivity contribution in [3.8, 4) is 0 Å². The van der Waals surface area contributed by atoms with Crippen LogP contribution in [0.15, 0.2) is 24.3 Å². The highest BCUT2D eigenvalue weighted by Crippen LogP contribution is 2.32. The Hall–Kier alpha value is -1.59. The van der Waals surface area contributed by atoms with E-state index in [1.807, 2.05) is 19.1 Å². The molecule has 1 N–H and O–H groups in total. The Bertz CT molecular complexity index is 547. The van der Waals surface area contributed by atoms with Crippen molar-refractivity contribution in [1.82, 2.24) is 10.2 Å². The molecular weight excluding hydrogens is 304 g/mol. The molecule has 1 heterocycles. The van der Waals surface area contributed by atoms with E-state index in [-0.39, 0.29) is 11.8 Å². The fourth-order valence-electron chi connectivity index (χ4n) is 2.62. The molecule has 0 saturated carbocycles. The summed E-state index contributed by atoms with van der Waals surface area (Å²) in [5, 5.41) is 3.48. The lowest BCUT2D eigenvalue weighted by Crippen LogP contribution is -2.54. The first kappa shape index (κ1) is 16.8. The molecule has 120 valence electrons. The van der Waals surface area contributed by atoms with Gasteiger partial charge in [-0.05, 0) is 31.0 Å². The summed E-state index contributed by atoms with van der Waals surface area (Å²) in [7, 11) is 1.58. The monoisotopic (exact) mass is 324 g/mol. The maximum atomic E-state index is 12.5. The van der Waals surface area contributed by atoms with Gasteiger partial charge in [-0.3, -0.25) is 9.59 Å². The zero-order valence-corrected chi connectivity index (χ0v) is 13.7. The summed E-state index contributed by atoms with van der Waals surface area (Å²) in [6, 6.07) is 7.31. The predicted octanol–water partition coefficient (Wildman–Crippen LogP) is 1.98. The van der Waals surface area contributed by atoms with Crippen LogP contribution in [0.2, 0.25) is 5.02 Å². The number of benzene rings is 1. The van der Waals surface area contributed by atoms with E-state index < -0.39 is 5.54 Å². The molecule has 0 aromatic heterocycles. The molecule has 0 unspecified atom stereocenters. The normalized spacial score (nSPS) is 21.2. The van der Waals surface area contributed by atoms with E-state index in [9.17, 15) is 9.59 Å². The van der Waals surface area contributed by atoms with Gasteiger partial charge in [-0.15, -0.1) is 0 Å². The van der Waals surface area contributed by atoms with Crippen LogP contribution in [0.5, 0.6) is 0 Å². The summed E-state index contributed by atoms with van der Waals surface area (Å²) in [4.78, 5) is 26.3. The second-order valence-corrected chi connectivity index (χ2v) is 6.07. The van der Waals surface area contributed by atoms with Crippen LogP contribution < -0.4 is 5.32 Å². The minimum absolute atomic E-state index is 0.000610. The SMILES string of the molecule is COCCNC(=O)[C@]1(C)CCC(=O)N1Cc1ccc(Cl)cc1. The van der Waals surface area contributed by atoms with E-state index in [4.69, 9.17) is 16.3 Å². The molecule has 1 aliphatic heterocycles. The fraction of sp³-hybridized carbons (Fsp3) is 0.500. The number of nitrogens with zero attached hydrogens (tertiary/aromatic N) is 1. The van der Waals surface area contributed by atoms with Gasteiger partial charge in [0.25, 0.3) is 0 Å². The number of carbonyl (C=O) groups is 2. The van der Waals surface area contributed by atoms with E-state index in [0.29, 0.717) is 37.6 Å². The van der Waals surface area contributed by atoms with Crippen LogP contribution in [0, 0.1) is 0 Å². The second kappa shape index (κ2) is 7.11. The average molecular weight is 325 g/mol. The van der Waals surface area contributed by atoms with Gasteiger partial charge in [-0.25, -0.2) is 0 Å². The van der Waals surface area contributed by atoms with Crippen LogP contribution >= 0.6 is 11.6 Å². The van der Waals surface area contributed by atoms with Gasteiger partial charge in [-0.2, -0.15) is 0 Å². The van der Waals surface area contributed by atoms with E-state index >= 15 is 0 Å². The average Bonchev–Trinajstić information content (AvgIpc) is 2.79. The summed E-state index contributed by atoms with van der Waals surface area (Å²) < 4.78 is 4.93. The van der Waals surface area contributed by atoms with Gasteiger partial charge in [0.2, 0.25) is 11.8 Å². The third-order valence-electron chi connectivity index (χ3n) is 4.06. The zero-order chi connectivity index (χ0) is 16.2. The third kappa shape index (κ3) is 3.59. The summed E-state index contributed by atoms with van der Waals surface area (Å²) >= 11 is 5.88. The maximum Gasteiger partial charge on any atom is 0.245 e. The van der Waals surface area contributed by atoms with Crippen molar-refractivity contribution in [3.63, 3.8) is 0 Å². The molecule has 1 aromatic rings. The summed E-state index contributed by atoms with van der Waals surface area (Å²) in [5.74, 6) is -0.135. The number of rotatable bonds is 6. The van der Waals surface area contributed by atoms with Crippen molar-refractivity contribution in [2.75, 3.05) is 20.3 Å². The van der Waals surface area contributed by atoms with Crippen LogP contribution in [0.3, 0.4) is 0 Å². The minimum Gasteiger partial charge on any atom is -0.383 e. The highest BCUT2D eigenvalue weighted by atomic mass is 35.5. The van der Waals surface area contributed by atoms with Crippen LogP contribution in [0.1, 0.15) is 25.3 Å². The van der Waals surface area contributed by atoms with E-state index in [1.165, 1.54) is 0 Å². The molecule has 2 amide bonds. The molecule has 0 aliphatic carbocycles. The number of likely N-dealkylation sites (tertiary alicyclic amines) is 1. The number of hydrogen-bond acceptors (Lipinski definition) is 3. The number of amides is 2. The Labute approximate surface area is 135 Å². The Morgan fingerprint density at radius 3 is 2.73 bits per heavy atom. The Kier molecular flexibility index (Phi) is 5.42. The molecule has 2 rings (SSSR count). The Morgan fingerprint density at radius 1 is 1.41 bits per heavy atom. The smallest absolute Gasteiger partial charge is 0.245 e. The van der Waals surface area contributed by atoms with Gasteiger partial charge in [-0.1, -0.05) is 23.7 Å². The molecule has 0 radical (unpaired) electrons. The highest BCUT2D eigenvalue weighted by Gasteiger charge is 2.46. The first-order valence-electron chi connectivity index (χ1n) is 7.29. The first-order valence-corrected chi connectivity index (χ1v) is 7.67. The highest BCUT2D eigenvalue weighted by molar-refractivity contribution is 6.30. The van der Waals surface area contributed by atoms with Crippen LogP contribution in [0.4, 0.5) is 0 Å². The Morgan fingerprint density at radius 2 is 2.09 bits per heavy atom. The van der Waals surface area contributed by atoms with Crippen molar-refractivity contribution >= 4 is 23.4 Å². The Balaban J connectivity index is 2.10. The summed E-state index contributed by atoms with van der Waals surface area (Å²) in [5.41, 5.74) is 0.139. The van der Waals surface area contributed by atoms with Gasteiger partial charge in [0.05, 0.1) is 6.61 Å². The summed E-state index contributed by atoms with van der Waals surface area (Å²) in [6.07, 6.45) is 0.917. The van der Waals surface area contributed by atoms with Crippen molar-refractivity contribution in [2.45, 2.75) is 31.8 Å². The first-order chi connectivity index (χ1) is 10.5. The lowest BCUT2D eigenvalue weighted by Gasteiger charge is -2.34. The number of ether oxygens (including phenoxy) is 1.